The second-order valence-corrected chi connectivity index (χ2v) is 7.69. The number of rotatable bonds is 4. The number of piperazine rings is 1. The van der Waals surface area contributed by atoms with Gasteiger partial charge < -0.3 is 15.1 Å². The summed E-state index contributed by atoms with van der Waals surface area (Å²) in [4.78, 5) is 29.1. The Bertz CT molecular complexity index is 921. The number of nitrogens with zero attached hydrogens (tertiary/aromatic N) is 2. The van der Waals surface area contributed by atoms with Crippen LogP contribution in [-0.2, 0) is 9.59 Å². The maximum Gasteiger partial charge on any atom is 0.228 e. The Morgan fingerprint density at radius 2 is 1.62 bits per heavy atom. The summed E-state index contributed by atoms with van der Waals surface area (Å²) in [5.41, 5.74) is 1.88. The average molecular weight is 399 g/mol. The monoisotopic (exact) mass is 399 g/mol. The number of hydrogen-bond acceptors (Lipinski definition) is 3. The van der Waals surface area contributed by atoms with Crippen LogP contribution in [0.5, 0.6) is 0 Å². The van der Waals surface area contributed by atoms with Crippen molar-refractivity contribution in [2.75, 3.05) is 36.4 Å². The van der Waals surface area contributed by atoms with Gasteiger partial charge in [-0.3, -0.25) is 9.59 Å². The van der Waals surface area contributed by atoms with Crippen molar-refractivity contribution in [2.24, 2.45) is 11.8 Å². The molecule has 152 valence electrons. The van der Waals surface area contributed by atoms with Crippen molar-refractivity contribution < 1.29 is 18.4 Å². The van der Waals surface area contributed by atoms with Gasteiger partial charge in [0.05, 0.1) is 11.8 Å². The van der Waals surface area contributed by atoms with Crippen molar-refractivity contribution >= 4 is 23.2 Å². The number of hydrogen-bond donors (Lipinski definition) is 1. The van der Waals surface area contributed by atoms with Gasteiger partial charge in [0.15, 0.2) is 0 Å². The van der Waals surface area contributed by atoms with Gasteiger partial charge in [0.1, 0.15) is 17.3 Å². The fourth-order valence-corrected chi connectivity index (χ4v) is 3.84. The highest BCUT2D eigenvalue weighted by molar-refractivity contribution is 5.99. The lowest BCUT2D eigenvalue weighted by Crippen LogP contribution is -2.49. The molecule has 1 saturated heterocycles. The molecule has 2 aliphatic rings. The van der Waals surface area contributed by atoms with Gasteiger partial charge in [0.2, 0.25) is 11.8 Å². The van der Waals surface area contributed by atoms with E-state index in [1.165, 1.54) is 11.6 Å². The molecular weight excluding hydrogens is 376 g/mol. The number of amides is 2. The largest absolute Gasteiger partial charge is 0.368 e. The topological polar surface area (TPSA) is 52.7 Å². The minimum atomic E-state index is -0.825. The zero-order valence-corrected chi connectivity index (χ0v) is 16.2. The molecule has 5 nitrogen and oxygen atoms in total. The summed E-state index contributed by atoms with van der Waals surface area (Å²) in [5.74, 6) is -3.15. The first-order valence-electron chi connectivity index (χ1n) is 9.79. The molecule has 0 bridgehead atoms. The summed E-state index contributed by atoms with van der Waals surface area (Å²) in [7, 11) is 0. The molecule has 0 radical (unpaired) electrons. The van der Waals surface area contributed by atoms with Gasteiger partial charge in [0.25, 0.3) is 0 Å². The third-order valence-corrected chi connectivity index (χ3v) is 5.61. The van der Waals surface area contributed by atoms with Crippen molar-refractivity contribution in [1.29, 1.82) is 0 Å². The number of anilines is 2. The SMILES string of the molecule is Cc1cccc(N2CCN(C(=O)C3CC3C(=O)Nc3c(F)cccc3F)CC2)c1. The molecule has 1 aliphatic heterocycles. The van der Waals surface area contributed by atoms with Crippen LogP contribution in [-0.4, -0.2) is 42.9 Å². The van der Waals surface area contributed by atoms with Crippen LogP contribution >= 0.6 is 0 Å². The fourth-order valence-electron chi connectivity index (χ4n) is 3.84. The highest BCUT2D eigenvalue weighted by Gasteiger charge is 2.50. The Kier molecular flexibility index (Phi) is 5.22. The summed E-state index contributed by atoms with van der Waals surface area (Å²) in [5, 5.41) is 2.29. The molecule has 7 heteroatoms. The van der Waals surface area contributed by atoms with Gasteiger partial charge in [0, 0.05) is 31.9 Å². The van der Waals surface area contributed by atoms with Crippen LogP contribution < -0.4 is 10.2 Å². The number of carbonyl (C=O) groups is 2. The molecule has 1 saturated carbocycles. The van der Waals surface area contributed by atoms with Gasteiger partial charge in [-0.2, -0.15) is 0 Å². The van der Waals surface area contributed by atoms with Gasteiger partial charge in [-0.05, 0) is 43.2 Å². The molecular formula is C22H23F2N3O2. The molecule has 2 amide bonds. The zero-order valence-electron chi connectivity index (χ0n) is 16.2. The van der Waals surface area contributed by atoms with E-state index in [-0.39, 0.29) is 5.91 Å². The predicted octanol–water partition coefficient (Wildman–Crippen LogP) is 3.20. The predicted molar refractivity (Wildman–Crippen MR) is 107 cm³/mol. The highest BCUT2D eigenvalue weighted by Crippen LogP contribution is 2.41. The van der Waals surface area contributed by atoms with Gasteiger partial charge >= 0.3 is 0 Å². The zero-order chi connectivity index (χ0) is 20.5. The summed E-state index contributed by atoms with van der Waals surface area (Å²) < 4.78 is 27.4. The van der Waals surface area contributed by atoms with Crippen LogP contribution in [0.3, 0.4) is 0 Å². The van der Waals surface area contributed by atoms with Crippen LogP contribution in [0.25, 0.3) is 0 Å². The van der Waals surface area contributed by atoms with E-state index in [1.807, 2.05) is 6.07 Å². The van der Waals surface area contributed by atoms with E-state index >= 15 is 0 Å². The Balaban J connectivity index is 1.31. The Morgan fingerprint density at radius 1 is 0.966 bits per heavy atom. The third-order valence-electron chi connectivity index (χ3n) is 5.61. The molecule has 29 heavy (non-hydrogen) atoms. The molecule has 1 N–H and O–H groups in total. The molecule has 2 aromatic carbocycles. The molecule has 4 rings (SSSR count). The first-order chi connectivity index (χ1) is 13.9. The minimum Gasteiger partial charge on any atom is -0.368 e. The van der Waals surface area contributed by atoms with Crippen molar-refractivity contribution in [1.82, 2.24) is 4.90 Å². The molecule has 2 aromatic rings. The van der Waals surface area contributed by atoms with Crippen molar-refractivity contribution in [3.63, 3.8) is 0 Å². The molecule has 2 unspecified atom stereocenters. The maximum atomic E-state index is 13.7. The third kappa shape index (κ3) is 4.09. The Labute approximate surface area is 168 Å². The van der Waals surface area contributed by atoms with Crippen molar-refractivity contribution in [2.45, 2.75) is 13.3 Å². The summed E-state index contributed by atoms with van der Waals surface area (Å²) in [6.45, 7) is 4.71. The van der Waals surface area contributed by atoms with Crippen LogP contribution in [0.4, 0.5) is 20.2 Å². The summed E-state index contributed by atoms with van der Waals surface area (Å²) in [6.07, 6.45) is 0.416. The number of aryl methyl sites for hydroxylation is 1. The number of benzene rings is 2. The van der Waals surface area contributed by atoms with E-state index < -0.39 is 35.1 Å². The molecule has 1 heterocycles. The summed E-state index contributed by atoms with van der Waals surface area (Å²) >= 11 is 0. The van der Waals surface area contributed by atoms with E-state index in [2.05, 4.69) is 35.3 Å². The maximum absolute atomic E-state index is 13.7. The van der Waals surface area contributed by atoms with Crippen molar-refractivity contribution in [3.05, 3.63) is 59.7 Å². The first-order valence-corrected chi connectivity index (χ1v) is 9.79. The number of nitrogens with one attached hydrogen (secondary N) is 1. The van der Waals surface area contributed by atoms with E-state index in [9.17, 15) is 18.4 Å². The molecule has 1 aliphatic carbocycles. The smallest absolute Gasteiger partial charge is 0.228 e. The van der Waals surface area contributed by atoms with Crippen LogP contribution in [0.15, 0.2) is 42.5 Å². The standard InChI is InChI=1S/C22H23F2N3O2/c1-14-4-2-5-15(12-14)26-8-10-27(11-9-26)22(29)17-13-16(17)21(28)25-20-18(23)6-3-7-19(20)24/h2-7,12,16-17H,8-11,13H2,1H3,(H,25,28). The lowest BCUT2D eigenvalue weighted by Gasteiger charge is -2.36. The molecule has 0 spiro atoms. The molecule has 2 fully saturated rings. The molecule has 2 atom stereocenters. The van der Waals surface area contributed by atoms with E-state index in [4.69, 9.17) is 0 Å². The second kappa shape index (κ2) is 7.81. The quantitative estimate of drug-likeness (QED) is 0.859. The number of halogens is 2. The number of para-hydroxylation sites is 1. The first kappa shape index (κ1) is 19.4. The number of carbonyl (C=O) groups excluding carboxylic acids is 2. The van der Waals surface area contributed by atoms with Gasteiger partial charge in [-0.25, -0.2) is 8.78 Å². The van der Waals surface area contributed by atoms with Crippen LogP contribution in [0, 0.1) is 30.4 Å². The Morgan fingerprint density at radius 3 is 2.28 bits per heavy atom. The van der Waals surface area contributed by atoms with Crippen LogP contribution in [0.1, 0.15) is 12.0 Å². The van der Waals surface area contributed by atoms with E-state index in [0.717, 1.165) is 30.9 Å². The fraction of sp³-hybridized carbons (Fsp3) is 0.364. The molecule has 0 aromatic heterocycles. The minimum absolute atomic E-state index is 0.0527. The van der Waals surface area contributed by atoms with Gasteiger partial charge in [-0.15, -0.1) is 0 Å². The average Bonchev–Trinajstić information content (AvgIpc) is 3.51. The normalized spacial score (nSPS) is 21.1. The lowest BCUT2D eigenvalue weighted by molar-refractivity contribution is -0.134. The summed E-state index contributed by atoms with van der Waals surface area (Å²) in [6, 6.07) is 11.7. The van der Waals surface area contributed by atoms with E-state index in [1.54, 1.807) is 4.90 Å². The highest BCUT2D eigenvalue weighted by atomic mass is 19.1. The Hall–Kier alpha value is -2.96. The van der Waals surface area contributed by atoms with E-state index in [0.29, 0.717) is 19.5 Å². The lowest BCUT2D eigenvalue weighted by atomic mass is 10.1. The second-order valence-electron chi connectivity index (χ2n) is 7.69. The van der Waals surface area contributed by atoms with Gasteiger partial charge in [-0.1, -0.05) is 18.2 Å². The van der Waals surface area contributed by atoms with Crippen molar-refractivity contribution in [3.8, 4) is 0 Å². The van der Waals surface area contributed by atoms with Crippen LogP contribution in [0.2, 0.25) is 0 Å².